The number of rotatable bonds is 6. The molecule has 2 amide bonds. The molecule has 0 aliphatic heterocycles. The first-order valence-electron chi connectivity index (χ1n) is 5.50. The van der Waals surface area contributed by atoms with Crippen LogP contribution in [0.3, 0.4) is 0 Å². The van der Waals surface area contributed by atoms with E-state index in [9.17, 15) is 18.0 Å². The summed E-state index contributed by atoms with van der Waals surface area (Å²) in [6, 6.07) is 3.90. The van der Waals surface area contributed by atoms with Gasteiger partial charge >= 0.3 is 0 Å². The molecule has 0 saturated heterocycles. The van der Waals surface area contributed by atoms with E-state index < -0.39 is 22.5 Å². The van der Waals surface area contributed by atoms with Gasteiger partial charge in [-0.15, -0.1) is 0 Å². The van der Waals surface area contributed by atoms with Gasteiger partial charge in [-0.05, 0) is 18.2 Å². The number of anilines is 1. The molecule has 0 radical (unpaired) electrons. The lowest BCUT2D eigenvalue weighted by Crippen LogP contribution is -2.33. The second-order valence-electron chi connectivity index (χ2n) is 3.83. The molecule has 0 heterocycles. The van der Waals surface area contributed by atoms with Gasteiger partial charge in [-0.1, -0.05) is 0 Å². The first-order chi connectivity index (χ1) is 9.26. The number of nitrogens with two attached hydrogens (primary N) is 1. The monoisotopic (exact) mass is 301 g/mol. The first-order valence-corrected chi connectivity index (χ1v) is 6.98. The van der Waals surface area contributed by atoms with Gasteiger partial charge in [0.1, 0.15) is 5.75 Å². The lowest BCUT2D eigenvalue weighted by Gasteiger charge is -2.11. The van der Waals surface area contributed by atoms with Crippen LogP contribution in [0.25, 0.3) is 0 Å². The van der Waals surface area contributed by atoms with Crippen LogP contribution in [0.2, 0.25) is 0 Å². The molecule has 20 heavy (non-hydrogen) atoms. The fraction of sp³-hybridized carbons (Fsp3) is 0.273. The smallest absolute Gasteiger partial charge is 0.241 e. The average molecular weight is 301 g/mol. The minimum Gasteiger partial charge on any atom is -0.495 e. The summed E-state index contributed by atoms with van der Waals surface area (Å²) in [5.74, 6) is -0.860. The van der Waals surface area contributed by atoms with Crippen LogP contribution < -0.4 is 20.5 Å². The molecule has 8 nitrogen and oxygen atoms in total. The Labute approximate surface area is 116 Å². The van der Waals surface area contributed by atoms with E-state index in [0.717, 1.165) is 0 Å². The van der Waals surface area contributed by atoms with Crippen LogP contribution in [-0.2, 0) is 19.6 Å². The van der Waals surface area contributed by atoms with E-state index in [1.165, 1.54) is 32.2 Å². The van der Waals surface area contributed by atoms with Crippen molar-refractivity contribution in [1.29, 1.82) is 0 Å². The van der Waals surface area contributed by atoms with Gasteiger partial charge in [-0.2, -0.15) is 0 Å². The molecule has 1 aromatic rings. The third-order valence-electron chi connectivity index (χ3n) is 2.23. The predicted molar refractivity (Wildman–Crippen MR) is 71.7 cm³/mol. The standard InChI is InChI=1S/C11H15N3O5S/c1-7(15)14-9-5-8(3-4-10(9)19-2)20(17,18)13-6-11(12)16/h3-5,13H,6H2,1-2H3,(H2,12,16)(H,14,15). The number of primary amides is 1. The molecule has 0 aliphatic carbocycles. The summed E-state index contributed by atoms with van der Waals surface area (Å²) in [6.45, 7) is 0.774. The number of carbonyl (C=O) groups excluding carboxylic acids is 2. The van der Waals surface area contributed by atoms with Crippen LogP contribution in [0.15, 0.2) is 23.1 Å². The molecule has 0 fully saturated rings. The van der Waals surface area contributed by atoms with Crippen molar-refractivity contribution in [3.63, 3.8) is 0 Å². The summed E-state index contributed by atoms with van der Waals surface area (Å²) >= 11 is 0. The fourth-order valence-corrected chi connectivity index (χ4v) is 2.41. The number of nitrogens with one attached hydrogen (secondary N) is 2. The molecule has 0 unspecified atom stereocenters. The summed E-state index contributed by atoms with van der Waals surface area (Å²) < 4.78 is 30.8. The van der Waals surface area contributed by atoms with Crippen molar-refractivity contribution in [2.45, 2.75) is 11.8 Å². The van der Waals surface area contributed by atoms with Gasteiger partial charge in [0.25, 0.3) is 0 Å². The summed E-state index contributed by atoms with van der Waals surface area (Å²) in [7, 11) is -2.51. The van der Waals surface area contributed by atoms with Gasteiger partial charge < -0.3 is 15.8 Å². The number of methoxy groups -OCH3 is 1. The average Bonchev–Trinajstić information content (AvgIpc) is 2.35. The van der Waals surface area contributed by atoms with Crippen LogP contribution >= 0.6 is 0 Å². The minimum absolute atomic E-state index is 0.122. The second-order valence-corrected chi connectivity index (χ2v) is 5.60. The summed E-state index contributed by atoms with van der Waals surface area (Å²) in [6.07, 6.45) is 0. The quantitative estimate of drug-likeness (QED) is 0.647. The maximum Gasteiger partial charge on any atom is 0.241 e. The zero-order valence-corrected chi connectivity index (χ0v) is 11.8. The molecule has 4 N–H and O–H groups in total. The molecule has 0 aromatic heterocycles. The van der Waals surface area contributed by atoms with E-state index in [1.54, 1.807) is 0 Å². The highest BCUT2D eigenvalue weighted by atomic mass is 32.2. The zero-order chi connectivity index (χ0) is 15.3. The number of ether oxygens (including phenoxy) is 1. The molecule has 0 bridgehead atoms. The van der Waals surface area contributed by atoms with Gasteiger partial charge in [0.15, 0.2) is 0 Å². The molecule has 0 saturated carbocycles. The lowest BCUT2D eigenvalue weighted by atomic mass is 10.3. The Morgan fingerprint density at radius 3 is 2.50 bits per heavy atom. The molecule has 1 aromatic carbocycles. The molecular weight excluding hydrogens is 286 g/mol. The van der Waals surface area contributed by atoms with Crippen molar-refractivity contribution < 1.29 is 22.7 Å². The van der Waals surface area contributed by atoms with Crippen molar-refractivity contribution in [3.8, 4) is 5.75 Å². The molecule has 110 valence electrons. The highest BCUT2D eigenvalue weighted by Crippen LogP contribution is 2.27. The van der Waals surface area contributed by atoms with Crippen molar-refractivity contribution >= 4 is 27.5 Å². The topological polar surface area (TPSA) is 128 Å². The molecule has 1 rings (SSSR count). The third-order valence-corrected chi connectivity index (χ3v) is 3.63. The Morgan fingerprint density at radius 1 is 1.35 bits per heavy atom. The van der Waals surface area contributed by atoms with Crippen LogP contribution in [0, 0.1) is 0 Å². The van der Waals surface area contributed by atoms with Crippen molar-refractivity contribution in [2.24, 2.45) is 5.73 Å². The lowest BCUT2D eigenvalue weighted by molar-refractivity contribution is -0.117. The molecule has 0 atom stereocenters. The Balaban J connectivity index is 3.13. The molecule has 9 heteroatoms. The number of benzene rings is 1. The number of amides is 2. The summed E-state index contributed by atoms with van der Waals surface area (Å²) in [4.78, 5) is 21.6. The van der Waals surface area contributed by atoms with Gasteiger partial charge in [-0.25, -0.2) is 13.1 Å². The van der Waals surface area contributed by atoms with Gasteiger partial charge in [0.2, 0.25) is 21.8 Å². The van der Waals surface area contributed by atoms with E-state index in [1.807, 2.05) is 4.72 Å². The van der Waals surface area contributed by atoms with E-state index in [-0.39, 0.29) is 16.5 Å². The van der Waals surface area contributed by atoms with Crippen LogP contribution in [0.4, 0.5) is 5.69 Å². The van der Waals surface area contributed by atoms with Crippen LogP contribution in [-0.4, -0.2) is 33.9 Å². The SMILES string of the molecule is COc1ccc(S(=O)(=O)NCC(N)=O)cc1NC(C)=O. The van der Waals surface area contributed by atoms with Crippen molar-refractivity contribution in [1.82, 2.24) is 4.72 Å². The van der Waals surface area contributed by atoms with E-state index >= 15 is 0 Å². The number of carbonyl (C=O) groups is 2. The number of hydrogen-bond acceptors (Lipinski definition) is 5. The van der Waals surface area contributed by atoms with E-state index in [2.05, 4.69) is 5.32 Å². The first kappa shape index (κ1) is 15.9. The number of sulfonamides is 1. The highest BCUT2D eigenvalue weighted by Gasteiger charge is 2.17. The van der Waals surface area contributed by atoms with Gasteiger partial charge in [0.05, 0.1) is 24.2 Å². The Bertz CT molecular complexity index is 627. The van der Waals surface area contributed by atoms with Gasteiger partial charge in [0, 0.05) is 6.92 Å². The Hall–Kier alpha value is -2.13. The molecular formula is C11H15N3O5S. The van der Waals surface area contributed by atoms with E-state index in [4.69, 9.17) is 10.5 Å². The third kappa shape index (κ3) is 4.21. The highest BCUT2D eigenvalue weighted by molar-refractivity contribution is 7.89. The minimum atomic E-state index is -3.90. The molecule has 0 aliphatic rings. The Kier molecular flexibility index (Phi) is 5.06. The normalized spacial score (nSPS) is 10.9. The summed E-state index contributed by atoms with van der Waals surface area (Å²) in [5.41, 5.74) is 5.09. The second kappa shape index (κ2) is 6.35. The van der Waals surface area contributed by atoms with Crippen LogP contribution in [0.1, 0.15) is 6.92 Å². The zero-order valence-electron chi connectivity index (χ0n) is 11.0. The molecule has 0 spiro atoms. The Morgan fingerprint density at radius 2 is 2.00 bits per heavy atom. The van der Waals surface area contributed by atoms with Crippen LogP contribution in [0.5, 0.6) is 5.75 Å². The van der Waals surface area contributed by atoms with Crippen molar-refractivity contribution in [3.05, 3.63) is 18.2 Å². The van der Waals surface area contributed by atoms with Crippen molar-refractivity contribution in [2.75, 3.05) is 19.0 Å². The van der Waals surface area contributed by atoms with Gasteiger partial charge in [-0.3, -0.25) is 9.59 Å². The number of hydrogen-bond donors (Lipinski definition) is 3. The summed E-state index contributed by atoms with van der Waals surface area (Å²) in [5, 5.41) is 2.45. The fourth-order valence-electron chi connectivity index (χ4n) is 1.39. The largest absolute Gasteiger partial charge is 0.495 e. The van der Waals surface area contributed by atoms with E-state index in [0.29, 0.717) is 5.75 Å². The predicted octanol–water partition coefficient (Wildman–Crippen LogP) is -0.583. The maximum atomic E-state index is 11.9. The maximum absolute atomic E-state index is 11.9.